The van der Waals surface area contributed by atoms with Gasteiger partial charge in [0.25, 0.3) is 0 Å². The van der Waals surface area contributed by atoms with Gasteiger partial charge in [-0.05, 0) is 101 Å². The Morgan fingerprint density at radius 2 is 0.891 bits per heavy atom. The van der Waals surface area contributed by atoms with Crippen LogP contribution in [0.1, 0.15) is 22.3 Å². The van der Waals surface area contributed by atoms with Gasteiger partial charge in [-0.2, -0.15) is 0 Å². The Hall–Kier alpha value is -5.37. The van der Waals surface area contributed by atoms with Gasteiger partial charge in [-0.15, -0.1) is 0 Å². The van der Waals surface area contributed by atoms with Gasteiger partial charge < -0.3 is 0 Å². The van der Waals surface area contributed by atoms with E-state index in [1.165, 1.54) is 98.1 Å². The van der Waals surface area contributed by atoms with Crippen molar-refractivity contribution in [2.75, 3.05) is 0 Å². The van der Waals surface area contributed by atoms with Crippen molar-refractivity contribution in [3.63, 3.8) is 0 Å². The van der Waals surface area contributed by atoms with E-state index in [2.05, 4.69) is 158 Å². The SMILES string of the molecule is c1ccc2c(c1)-c1cc3ccccc3cc1C21c2ccccc2-c2c(-c3cccc4c3Sc3cccc5cccc-4c35)cccc21. The lowest BCUT2D eigenvalue weighted by Gasteiger charge is -2.31. The van der Waals surface area contributed by atoms with Crippen molar-refractivity contribution >= 4 is 33.3 Å². The third-order valence-electron chi connectivity index (χ3n) is 10.7. The Labute approximate surface area is 272 Å². The highest BCUT2D eigenvalue weighted by atomic mass is 32.2. The standard InChI is InChI=1S/C45H26S/c1-2-12-29-26-40-36(25-28(29)11-1)30-15-3-5-21-37(30)45(40)38-22-6-4-16-35(38)43-32(18-10-23-39(43)45)34-20-9-19-33-31-17-7-13-27-14-8-24-41(42(27)31)46-44(33)34/h1-26H. The van der Waals surface area contributed by atoms with E-state index in [1.807, 2.05) is 11.8 Å². The minimum Gasteiger partial charge on any atom is -0.0881 e. The molecule has 3 aliphatic rings. The number of rotatable bonds is 1. The predicted molar refractivity (Wildman–Crippen MR) is 193 cm³/mol. The molecule has 1 spiro atoms. The summed E-state index contributed by atoms with van der Waals surface area (Å²) in [6, 6.07) is 59.4. The van der Waals surface area contributed by atoms with E-state index in [0.717, 1.165) is 0 Å². The molecule has 11 rings (SSSR count). The third-order valence-corrected chi connectivity index (χ3v) is 11.9. The molecule has 1 heteroatoms. The largest absolute Gasteiger partial charge is 0.0881 e. The molecule has 1 aliphatic heterocycles. The van der Waals surface area contributed by atoms with E-state index in [4.69, 9.17) is 0 Å². The molecule has 0 aromatic heterocycles. The van der Waals surface area contributed by atoms with Gasteiger partial charge in [0, 0.05) is 15.2 Å². The molecule has 0 bridgehead atoms. The molecule has 0 saturated heterocycles. The van der Waals surface area contributed by atoms with Crippen molar-refractivity contribution < 1.29 is 0 Å². The quantitative estimate of drug-likeness (QED) is 0.181. The first-order valence-electron chi connectivity index (χ1n) is 16.0. The molecule has 0 saturated carbocycles. The van der Waals surface area contributed by atoms with E-state index in [1.54, 1.807) is 0 Å². The zero-order valence-electron chi connectivity index (χ0n) is 24.9. The van der Waals surface area contributed by atoms with Crippen LogP contribution in [0.15, 0.2) is 168 Å². The van der Waals surface area contributed by atoms with E-state index in [-0.39, 0.29) is 5.41 Å². The van der Waals surface area contributed by atoms with Gasteiger partial charge in [0.15, 0.2) is 0 Å². The predicted octanol–water partition coefficient (Wildman–Crippen LogP) is 12.1. The van der Waals surface area contributed by atoms with Crippen molar-refractivity contribution in [2.45, 2.75) is 15.2 Å². The van der Waals surface area contributed by atoms with Crippen LogP contribution < -0.4 is 0 Å². The van der Waals surface area contributed by atoms with Crippen LogP contribution in [0.3, 0.4) is 0 Å². The molecular weight excluding hydrogens is 573 g/mol. The first-order chi connectivity index (χ1) is 22.8. The Bertz CT molecular complexity index is 2620. The van der Waals surface area contributed by atoms with Gasteiger partial charge in [-0.1, -0.05) is 151 Å². The van der Waals surface area contributed by atoms with Crippen LogP contribution in [0.4, 0.5) is 0 Å². The van der Waals surface area contributed by atoms with Crippen LogP contribution in [0.2, 0.25) is 0 Å². The number of hydrogen-bond acceptors (Lipinski definition) is 1. The highest BCUT2D eigenvalue weighted by Crippen LogP contribution is 2.65. The monoisotopic (exact) mass is 598 g/mol. The first kappa shape index (κ1) is 24.9. The second-order valence-corrected chi connectivity index (χ2v) is 13.8. The maximum atomic E-state index is 2.47. The molecule has 0 nitrogen and oxygen atoms in total. The summed E-state index contributed by atoms with van der Waals surface area (Å²) in [4.78, 5) is 2.68. The summed E-state index contributed by atoms with van der Waals surface area (Å²) in [5.74, 6) is 0. The smallest absolute Gasteiger partial charge is 0.0725 e. The number of fused-ring (bicyclic) bond motifs is 13. The fourth-order valence-corrected chi connectivity index (χ4v) is 10.2. The normalized spacial score (nSPS) is 16.3. The van der Waals surface area contributed by atoms with Crippen LogP contribution in [0, 0.1) is 0 Å². The van der Waals surface area contributed by atoms with Crippen molar-refractivity contribution in [2.24, 2.45) is 0 Å². The summed E-state index contributed by atoms with van der Waals surface area (Å²) in [7, 11) is 0. The second kappa shape index (κ2) is 8.88. The molecule has 0 amide bonds. The molecule has 8 aromatic rings. The topological polar surface area (TPSA) is 0 Å². The van der Waals surface area contributed by atoms with E-state index in [0.29, 0.717) is 0 Å². The Morgan fingerprint density at radius 1 is 0.348 bits per heavy atom. The average molecular weight is 599 g/mol. The molecule has 0 fully saturated rings. The maximum absolute atomic E-state index is 2.47. The summed E-state index contributed by atoms with van der Waals surface area (Å²) in [6.07, 6.45) is 0. The molecular formula is C45H26S. The van der Waals surface area contributed by atoms with Gasteiger partial charge in [0.2, 0.25) is 0 Å². The molecule has 0 radical (unpaired) electrons. The summed E-state index contributed by atoms with van der Waals surface area (Å²) in [5, 5.41) is 5.25. The zero-order valence-corrected chi connectivity index (χ0v) is 25.7. The van der Waals surface area contributed by atoms with Crippen molar-refractivity contribution in [1.82, 2.24) is 0 Å². The molecule has 2 aliphatic carbocycles. The molecule has 1 atom stereocenters. The van der Waals surface area contributed by atoms with Crippen LogP contribution in [-0.2, 0) is 5.41 Å². The fourth-order valence-electron chi connectivity index (χ4n) is 8.89. The summed E-state index contributed by atoms with van der Waals surface area (Å²) in [6.45, 7) is 0. The molecule has 8 aromatic carbocycles. The van der Waals surface area contributed by atoms with Gasteiger partial charge in [-0.3, -0.25) is 0 Å². The summed E-state index contributed by atoms with van der Waals surface area (Å²) in [5.41, 5.74) is 15.8. The summed E-state index contributed by atoms with van der Waals surface area (Å²) < 4.78 is 0. The van der Waals surface area contributed by atoms with Gasteiger partial charge in [0.05, 0.1) is 5.41 Å². The maximum Gasteiger partial charge on any atom is 0.0725 e. The van der Waals surface area contributed by atoms with E-state index in [9.17, 15) is 0 Å². The molecule has 1 heterocycles. The van der Waals surface area contributed by atoms with Gasteiger partial charge in [0.1, 0.15) is 0 Å². The van der Waals surface area contributed by atoms with E-state index >= 15 is 0 Å². The molecule has 0 N–H and O–H groups in total. The van der Waals surface area contributed by atoms with Crippen LogP contribution >= 0.6 is 11.8 Å². The lowest BCUT2D eigenvalue weighted by molar-refractivity contribution is 0.795. The van der Waals surface area contributed by atoms with Crippen molar-refractivity contribution in [1.29, 1.82) is 0 Å². The Morgan fingerprint density at radius 3 is 1.74 bits per heavy atom. The molecule has 212 valence electrons. The molecule has 46 heavy (non-hydrogen) atoms. The third kappa shape index (κ3) is 2.97. The average Bonchev–Trinajstić information content (AvgIpc) is 3.58. The van der Waals surface area contributed by atoms with Crippen LogP contribution in [-0.4, -0.2) is 0 Å². The fraction of sp³-hybridized carbons (Fsp3) is 0.0222. The van der Waals surface area contributed by atoms with Gasteiger partial charge in [-0.25, -0.2) is 0 Å². The highest BCUT2D eigenvalue weighted by molar-refractivity contribution is 8.00. The minimum absolute atomic E-state index is 0.377. The zero-order chi connectivity index (χ0) is 30.0. The number of benzene rings is 8. The van der Waals surface area contributed by atoms with Crippen LogP contribution in [0.5, 0.6) is 0 Å². The molecule has 1 unspecified atom stereocenters. The Kier molecular flexibility index (Phi) is 4.80. The lowest BCUT2D eigenvalue weighted by atomic mass is 9.70. The highest BCUT2D eigenvalue weighted by Gasteiger charge is 2.52. The number of hydrogen-bond donors (Lipinski definition) is 0. The van der Waals surface area contributed by atoms with Crippen molar-refractivity contribution in [3.8, 4) is 44.5 Å². The first-order valence-corrected chi connectivity index (χ1v) is 16.8. The summed E-state index contributed by atoms with van der Waals surface area (Å²) >= 11 is 1.93. The van der Waals surface area contributed by atoms with E-state index < -0.39 is 0 Å². The Balaban J connectivity index is 1.24. The lowest BCUT2D eigenvalue weighted by Crippen LogP contribution is -2.25. The van der Waals surface area contributed by atoms with Crippen LogP contribution in [0.25, 0.3) is 66.1 Å². The van der Waals surface area contributed by atoms with Gasteiger partial charge >= 0.3 is 0 Å². The minimum atomic E-state index is -0.377. The second-order valence-electron chi connectivity index (χ2n) is 12.8. The van der Waals surface area contributed by atoms with Crippen molar-refractivity contribution in [3.05, 3.63) is 180 Å².